The molecule has 0 saturated heterocycles. The van der Waals surface area contributed by atoms with Gasteiger partial charge in [-0.3, -0.25) is 9.89 Å². The van der Waals surface area contributed by atoms with Crippen molar-refractivity contribution in [2.45, 2.75) is 19.9 Å². The summed E-state index contributed by atoms with van der Waals surface area (Å²) in [6, 6.07) is 11.0. The summed E-state index contributed by atoms with van der Waals surface area (Å²) < 4.78 is 0. The zero-order chi connectivity index (χ0) is 15.8. The second-order valence-electron chi connectivity index (χ2n) is 5.58. The van der Waals surface area contributed by atoms with E-state index in [1.165, 1.54) is 5.56 Å². The first-order valence-corrected chi connectivity index (χ1v) is 7.69. The molecule has 1 aromatic rings. The Morgan fingerprint density at radius 2 is 1.48 bits per heavy atom. The van der Waals surface area contributed by atoms with Crippen LogP contribution in [0.5, 0.6) is 0 Å². The topological polar surface area (TPSA) is 22.1 Å². The number of guanidine groups is 1. The van der Waals surface area contributed by atoms with E-state index in [2.05, 4.69) is 58.9 Å². The van der Waals surface area contributed by atoms with Crippen molar-refractivity contribution in [1.82, 2.24) is 14.7 Å². The molecule has 0 saturated carbocycles. The van der Waals surface area contributed by atoms with Gasteiger partial charge in [0.05, 0.1) is 12.6 Å². The van der Waals surface area contributed by atoms with Crippen LogP contribution in [0.4, 0.5) is 0 Å². The van der Waals surface area contributed by atoms with Crippen LogP contribution in [-0.2, 0) is 0 Å². The summed E-state index contributed by atoms with van der Waals surface area (Å²) in [6.45, 7) is 7.26. The quantitative estimate of drug-likeness (QED) is 0.594. The lowest BCUT2D eigenvalue weighted by Crippen LogP contribution is -2.37. The Labute approximate surface area is 130 Å². The molecule has 0 aliphatic carbocycles. The highest BCUT2D eigenvalue weighted by molar-refractivity contribution is 5.79. The lowest BCUT2D eigenvalue weighted by Gasteiger charge is -2.30. The summed E-state index contributed by atoms with van der Waals surface area (Å²) in [4.78, 5) is 11.4. The van der Waals surface area contributed by atoms with Gasteiger partial charge in [-0.05, 0) is 18.7 Å². The highest BCUT2D eigenvalue weighted by atomic mass is 15.3. The van der Waals surface area contributed by atoms with Crippen molar-refractivity contribution in [3.8, 4) is 0 Å². The molecule has 1 unspecified atom stereocenters. The Kier molecular flexibility index (Phi) is 7.23. The van der Waals surface area contributed by atoms with Crippen LogP contribution >= 0.6 is 0 Å². The average Bonchev–Trinajstić information content (AvgIpc) is 2.47. The Bertz CT molecular complexity index is 412. The summed E-state index contributed by atoms with van der Waals surface area (Å²) >= 11 is 0. The monoisotopic (exact) mass is 290 g/mol. The van der Waals surface area contributed by atoms with Gasteiger partial charge in [-0.25, -0.2) is 0 Å². The van der Waals surface area contributed by atoms with E-state index in [0.29, 0.717) is 6.04 Å². The first-order chi connectivity index (χ1) is 10.0. The van der Waals surface area contributed by atoms with Crippen molar-refractivity contribution in [1.29, 1.82) is 0 Å². The summed E-state index contributed by atoms with van der Waals surface area (Å²) in [7, 11) is 8.14. The van der Waals surface area contributed by atoms with E-state index in [-0.39, 0.29) is 0 Å². The Balaban J connectivity index is 3.00. The Morgan fingerprint density at radius 3 is 1.90 bits per heavy atom. The fourth-order valence-electron chi connectivity index (χ4n) is 2.62. The lowest BCUT2D eigenvalue weighted by atomic mass is 10.1. The maximum Gasteiger partial charge on any atom is 0.195 e. The molecule has 0 N–H and O–H groups in total. The minimum Gasteiger partial charge on any atom is -0.349 e. The van der Waals surface area contributed by atoms with Gasteiger partial charge in [-0.1, -0.05) is 44.2 Å². The predicted molar refractivity (Wildman–Crippen MR) is 91.8 cm³/mol. The second-order valence-corrected chi connectivity index (χ2v) is 5.58. The van der Waals surface area contributed by atoms with Gasteiger partial charge in [0.15, 0.2) is 5.96 Å². The van der Waals surface area contributed by atoms with Gasteiger partial charge in [0.1, 0.15) is 0 Å². The number of hydrogen-bond donors (Lipinski definition) is 0. The van der Waals surface area contributed by atoms with Gasteiger partial charge in [0, 0.05) is 28.2 Å². The molecule has 1 aromatic carbocycles. The van der Waals surface area contributed by atoms with E-state index in [9.17, 15) is 0 Å². The van der Waals surface area contributed by atoms with Crippen LogP contribution in [0.15, 0.2) is 35.3 Å². The normalized spacial score (nSPS) is 12.1. The number of rotatable bonds is 6. The molecule has 0 aromatic heterocycles. The van der Waals surface area contributed by atoms with Crippen LogP contribution in [-0.4, -0.2) is 68.5 Å². The van der Waals surface area contributed by atoms with Crippen LogP contribution in [0, 0.1) is 0 Å². The molecule has 0 fully saturated rings. The minimum absolute atomic E-state index is 0.330. The van der Waals surface area contributed by atoms with Crippen LogP contribution in [0.1, 0.15) is 25.5 Å². The van der Waals surface area contributed by atoms with Gasteiger partial charge in [0.2, 0.25) is 0 Å². The molecule has 0 heterocycles. The van der Waals surface area contributed by atoms with E-state index >= 15 is 0 Å². The maximum atomic E-state index is 4.84. The number of likely N-dealkylation sites (N-methyl/N-ethyl adjacent to an activating group) is 1. The second kappa shape index (κ2) is 8.67. The van der Waals surface area contributed by atoms with Crippen LogP contribution in [0.3, 0.4) is 0 Å². The fraction of sp³-hybridized carbons (Fsp3) is 0.588. The van der Waals surface area contributed by atoms with Gasteiger partial charge in [0.25, 0.3) is 0 Å². The van der Waals surface area contributed by atoms with E-state index in [1.54, 1.807) is 0 Å². The van der Waals surface area contributed by atoms with Gasteiger partial charge in [-0.15, -0.1) is 0 Å². The molecule has 0 bridgehead atoms. The van der Waals surface area contributed by atoms with E-state index in [4.69, 9.17) is 4.99 Å². The largest absolute Gasteiger partial charge is 0.349 e. The number of nitrogens with zero attached hydrogens (tertiary/aromatic N) is 4. The third-order valence-electron chi connectivity index (χ3n) is 3.64. The smallest absolute Gasteiger partial charge is 0.195 e. The Morgan fingerprint density at radius 1 is 0.952 bits per heavy atom. The summed E-state index contributed by atoms with van der Waals surface area (Å²) in [5.74, 6) is 1.00. The third kappa shape index (κ3) is 5.05. The van der Waals surface area contributed by atoms with Gasteiger partial charge in [-0.2, -0.15) is 0 Å². The molecule has 0 aliphatic rings. The van der Waals surface area contributed by atoms with Crippen LogP contribution < -0.4 is 0 Å². The summed E-state index contributed by atoms with van der Waals surface area (Å²) in [6.07, 6.45) is 0. The van der Waals surface area contributed by atoms with Crippen molar-refractivity contribution >= 4 is 5.96 Å². The molecular formula is C17H30N4. The summed E-state index contributed by atoms with van der Waals surface area (Å²) in [5, 5.41) is 0. The van der Waals surface area contributed by atoms with E-state index < -0.39 is 0 Å². The van der Waals surface area contributed by atoms with Crippen molar-refractivity contribution < 1.29 is 0 Å². The summed E-state index contributed by atoms with van der Waals surface area (Å²) in [5.41, 5.74) is 1.34. The van der Waals surface area contributed by atoms with Gasteiger partial charge >= 0.3 is 0 Å². The predicted octanol–water partition coefficient (Wildman–Crippen LogP) is 2.55. The zero-order valence-electron chi connectivity index (χ0n) is 14.4. The molecule has 0 aliphatic heterocycles. The van der Waals surface area contributed by atoms with Gasteiger partial charge < -0.3 is 9.80 Å². The molecule has 0 spiro atoms. The first kappa shape index (κ1) is 17.5. The van der Waals surface area contributed by atoms with Crippen LogP contribution in [0.2, 0.25) is 0 Å². The number of benzene rings is 1. The molecule has 0 radical (unpaired) electrons. The van der Waals surface area contributed by atoms with Crippen molar-refractivity contribution in [2.24, 2.45) is 4.99 Å². The zero-order valence-corrected chi connectivity index (χ0v) is 14.4. The first-order valence-electron chi connectivity index (χ1n) is 7.69. The maximum absolute atomic E-state index is 4.84. The fourth-order valence-corrected chi connectivity index (χ4v) is 2.62. The molecule has 118 valence electrons. The third-order valence-corrected chi connectivity index (χ3v) is 3.64. The molecule has 1 atom stereocenters. The Hall–Kier alpha value is -1.55. The van der Waals surface area contributed by atoms with E-state index in [1.807, 2.05) is 28.2 Å². The van der Waals surface area contributed by atoms with Crippen molar-refractivity contribution in [3.63, 3.8) is 0 Å². The molecule has 4 heteroatoms. The molecular weight excluding hydrogens is 260 g/mol. The van der Waals surface area contributed by atoms with Crippen molar-refractivity contribution in [3.05, 3.63) is 35.9 Å². The minimum atomic E-state index is 0.330. The molecule has 1 rings (SSSR count). The standard InChI is InChI=1S/C17H30N4/c1-7-21(8-2)16(15-12-10-9-11-13-15)14-18-17(19(3)4)20(5)6/h9-13,16H,7-8,14H2,1-6H3. The number of hydrogen-bond acceptors (Lipinski definition) is 2. The van der Waals surface area contributed by atoms with Crippen LogP contribution in [0.25, 0.3) is 0 Å². The average molecular weight is 290 g/mol. The highest BCUT2D eigenvalue weighted by Crippen LogP contribution is 2.20. The molecule has 21 heavy (non-hydrogen) atoms. The van der Waals surface area contributed by atoms with E-state index in [0.717, 1.165) is 25.6 Å². The number of aliphatic imine (C=N–C) groups is 1. The highest BCUT2D eigenvalue weighted by Gasteiger charge is 2.18. The molecule has 4 nitrogen and oxygen atoms in total. The lowest BCUT2D eigenvalue weighted by molar-refractivity contribution is 0.223. The van der Waals surface area contributed by atoms with Crippen molar-refractivity contribution in [2.75, 3.05) is 47.8 Å². The molecule has 0 amide bonds. The SMILES string of the molecule is CCN(CC)C(CN=C(N(C)C)N(C)C)c1ccccc1.